The van der Waals surface area contributed by atoms with Crippen molar-refractivity contribution in [3.63, 3.8) is 0 Å². The van der Waals surface area contributed by atoms with Crippen molar-refractivity contribution in [1.29, 1.82) is 0 Å². The maximum Gasteiger partial charge on any atom is 0.338 e. The first kappa shape index (κ1) is 16.5. The summed E-state index contributed by atoms with van der Waals surface area (Å²) < 4.78 is 29.3. The Morgan fingerprint density at radius 3 is 2.70 bits per heavy atom. The molecule has 0 aliphatic heterocycles. The Bertz CT molecular complexity index is 697. The second kappa shape index (κ2) is 7.98. The molecule has 0 saturated heterocycles. The molecule has 0 aliphatic carbocycles. The van der Waals surface area contributed by atoms with Crippen molar-refractivity contribution < 1.29 is 23.4 Å². The third-order valence-corrected chi connectivity index (χ3v) is 3.07. The number of methoxy groups -OCH3 is 1. The Morgan fingerprint density at radius 2 is 2.00 bits per heavy atom. The van der Waals surface area contributed by atoms with E-state index in [1.807, 2.05) is 0 Å². The Balaban J connectivity index is 2.12. The summed E-state index contributed by atoms with van der Waals surface area (Å²) in [7, 11) is 1.46. The van der Waals surface area contributed by atoms with E-state index in [2.05, 4.69) is 6.58 Å². The summed E-state index contributed by atoms with van der Waals surface area (Å²) in [5.41, 5.74) is 0.769. The van der Waals surface area contributed by atoms with Crippen LogP contribution in [0, 0.1) is 5.82 Å². The van der Waals surface area contributed by atoms with Crippen LogP contribution in [0.25, 0.3) is 0 Å². The molecule has 0 saturated carbocycles. The van der Waals surface area contributed by atoms with Crippen LogP contribution in [0.15, 0.2) is 55.1 Å². The van der Waals surface area contributed by atoms with E-state index < -0.39 is 5.97 Å². The molecule has 120 valence electrons. The van der Waals surface area contributed by atoms with Gasteiger partial charge >= 0.3 is 5.97 Å². The number of halogens is 1. The predicted molar refractivity (Wildman–Crippen MR) is 84.2 cm³/mol. The molecule has 4 nitrogen and oxygen atoms in total. The topological polar surface area (TPSA) is 44.8 Å². The van der Waals surface area contributed by atoms with Gasteiger partial charge in [-0.2, -0.15) is 0 Å². The maximum atomic E-state index is 13.6. The molecular weight excluding hydrogens is 299 g/mol. The van der Waals surface area contributed by atoms with Crippen molar-refractivity contribution in [2.45, 2.75) is 6.61 Å². The lowest BCUT2D eigenvalue weighted by Crippen LogP contribution is -2.06. The molecule has 23 heavy (non-hydrogen) atoms. The van der Waals surface area contributed by atoms with Gasteiger partial charge in [-0.1, -0.05) is 30.9 Å². The molecule has 5 heteroatoms. The quantitative estimate of drug-likeness (QED) is 0.576. The fourth-order valence-electron chi connectivity index (χ4n) is 1.90. The van der Waals surface area contributed by atoms with Crippen LogP contribution in [0.3, 0.4) is 0 Å². The minimum Gasteiger partial charge on any atom is -0.493 e. The van der Waals surface area contributed by atoms with Crippen molar-refractivity contribution in [3.05, 3.63) is 72.1 Å². The first-order valence-corrected chi connectivity index (χ1v) is 6.98. The second-order valence-corrected chi connectivity index (χ2v) is 4.63. The average Bonchev–Trinajstić information content (AvgIpc) is 2.58. The number of ether oxygens (including phenoxy) is 3. The summed E-state index contributed by atoms with van der Waals surface area (Å²) >= 11 is 0. The van der Waals surface area contributed by atoms with Crippen molar-refractivity contribution in [2.24, 2.45) is 0 Å². The standard InChI is InChI=1S/C18H17FO4/c1-3-10-22-18(20)13-8-9-16(17(11-13)21-2)23-12-14-6-4-5-7-15(14)19/h3-9,11H,1,10,12H2,2H3. The molecule has 0 N–H and O–H groups in total. The fourth-order valence-corrected chi connectivity index (χ4v) is 1.90. The number of esters is 1. The van der Waals surface area contributed by atoms with E-state index in [1.54, 1.807) is 30.3 Å². The van der Waals surface area contributed by atoms with Crippen LogP contribution >= 0.6 is 0 Å². The normalized spacial score (nSPS) is 10.0. The molecule has 2 rings (SSSR count). The molecule has 0 radical (unpaired) electrons. The van der Waals surface area contributed by atoms with Gasteiger partial charge in [-0.25, -0.2) is 9.18 Å². The molecule has 0 aliphatic rings. The minimum absolute atomic E-state index is 0.0588. The van der Waals surface area contributed by atoms with Crippen LogP contribution in [0.4, 0.5) is 4.39 Å². The minimum atomic E-state index is -0.483. The SMILES string of the molecule is C=CCOC(=O)c1ccc(OCc2ccccc2F)c(OC)c1. The summed E-state index contributed by atoms with van der Waals surface area (Å²) in [4.78, 5) is 11.8. The van der Waals surface area contributed by atoms with Crippen molar-refractivity contribution in [2.75, 3.05) is 13.7 Å². The molecule has 0 aromatic heterocycles. The van der Waals surface area contributed by atoms with E-state index in [1.165, 1.54) is 25.3 Å². The zero-order valence-corrected chi connectivity index (χ0v) is 12.8. The molecule has 0 unspecified atom stereocenters. The first-order chi connectivity index (χ1) is 11.2. The van der Waals surface area contributed by atoms with Crippen molar-refractivity contribution in [1.82, 2.24) is 0 Å². The van der Waals surface area contributed by atoms with E-state index in [0.29, 0.717) is 22.6 Å². The van der Waals surface area contributed by atoms with Crippen LogP contribution in [0.5, 0.6) is 11.5 Å². The third kappa shape index (κ3) is 4.32. The molecule has 0 atom stereocenters. The van der Waals surface area contributed by atoms with Gasteiger partial charge < -0.3 is 14.2 Å². The van der Waals surface area contributed by atoms with Gasteiger partial charge in [0.05, 0.1) is 12.7 Å². The average molecular weight is 316 g/mol. The van der Waals surface area contributed by atoms with Gasteiger partial charge in [-0.05, 0) is 24.3 Å². The highest BCUT2D eigenvalue weighted by molar-refractivity contribution is 5.90. The van der Waals surface area contributed by atoms with Crippen LogP contribution in [0.1, 0.15) is 15.9 Å². The molecular formula is C18H17FO4. The maximum absolute atomic E-state index is 13.6. The number of hydrogen-bond acceptors (Lipinski definition) is 4. The van der Waals surface area contributed by atoms with Crippen LogP contribution in [0.2, 0.25) is 0 Å². The van der Waals surface area contributed by atoms with Gasteiger partial charge in [0, 0.05) is 5.56 Å². The molecule has 0 spiro atoms. The van der Waals surface area contributed by atoms with Crippen molar-refractivity contribution >= 4 is 5.97 Å². The summed E-state index contributed by atoms with van der Waals surface area (Å²) in [6.45, 7) is 3.67. The van der Waals surface area contributed by atoms with E-state index in [9.17, 15) is 9.18 Å². The second-order valence-electron chi connectivity index (χ2n) is 4.63. The summed E-state index contributed by atoms with van der Waals surface area (Å²) in [5.74, 6) is -0.0367. The lowest BCUT2D eigenvalue weighted by molar-refractivity contribution is 0.0549. The Kier molecular flexibility index (Phi) is 5.74. The summed E-state index contributed by atoms with van der Waals surface area (Å²) in [5, 5.41) is 0. The van der Waals surface area contributed by atoms with Gasteiger partial charge in [0.15, 0.2) is 11.5 Å². The number of carbonyl (C=O) groups is 1. The van der Waals surface area contributed by atoms with Crippen LogP contribution < -0.4 is 9.47 Å². The molecule has 0 fully saturated rings. The van der Waals surface area contributed by atoms with E-state index in [4.69, 9.17) is 14.2 Å². The highest BCUT2D eigenvalue weighted by atomic mass is 19.1. The lowest BCUT2D eigenvalue weighted by Gasteiger charge is -2.12. The number of carbonyl (C=O) groups excluding carboxylic acids is 1. The smallest absolute Gasteiger partial charge is 0.338 e. The Hall–Kier alpha value is -2.82. The predicted octanol–water partition coefficient (Wildman–Crippen LogP) is 3.76. The van der Waals surface area contributed by atoms with Gasteiger partial charge in [0.25, 0.3) is 0 Å². The van der Waals surface area contributed by atoms with Gasteiger partial charge in [0.1, 0.15) is 19.0 Å². The highest BCUT2D eigenvalue weighted by Crippen LogP contribution is 2.29. The van der Waals surface area contributed by atoms with Gasteiger partial charge in [-0.15, -0.1) is 0 Å². The summed E-state index contributed by atoms with van der Waals surface area (Å²) in [6, 6.07) is 11.0. The highest BCUT2D eigenvalue weighted by Gasteiger charge is 2.12. The molecule has 0 heterocycles. The lowest BCUT2D eigenvalue weighted by atomic mass is 10.2. The van der Waals surface area contributed by atoms with Crippen LogP contribution in [-0.2, 0) is 11.3 Å². The number of benzene rings is 2. The van der Waals surface area contributed by atoms with E-state index in [0.717, 1.165) is 0 Å². The van der Waals surface area contributed by atoms with E-state index in [-0.39, 0.29) is 19.0 Å². The van der Waals surface area contributed by atoms with Crippen LogP contribution in [-0.4, -0.2) is 19.7 Å². The first-order valence-electron chi connectivity index (χ1n) is 6.98. The molecule has 2 aromatic carbocycles. The largest absolute Gasteiger partial charge is 0.493 e. The zero-order valence-electron chi connectivity index (χ0n) is 12.8. The monoisotopic (exact) mass is 316 g/mol. The third-order valence-electron chi connectivity index (χ3n) is 3.07. The zero-order chi connectivity index (χ0) is 16.7. The summed E-state index contributed by atoms with van der Waals surface area (Å²) in [6.07, 6.45) is 1.49. The van der Waals surface area contributed by atoms with Gasteiger partial charge in [-0.3, -0.25) is 0 Å². The number of hydrogen-bond donors (Lipinski definition) is 0. The van der Waals surface area contributed by atoms with E-state index >= 15 is 0 Å². The number of rotatable bonds is 7. The Morgan fingerprint density at radius 1 is 1.22 bits per heavy atom. The fraction of sp³-hybridized carbons (Fsp3) is 0.167. The van der Waals surface area contributed by atoms with Gasteiger partial charge in [0.2, 0.25) is 0 Å². The molecule has 2 aromatic rings. The molecule has 0 bridgehead atoms. The van der Waals surface area contributed by atoms with Crippen molar-refractivity contribution in [3.8, 4) is 11.5 Å². The Labute approximate surface area is 134 Å². The molecule has 0 amide bonds.